The molecule has 1 heterocycles. The van der Waals surface area contributed by atoms with Crippen LogP contribution in [-0.2, 0) is 9.47 Å². The maximum Gasteiger partial charge on any atom is 0.340 e. The first-order valence-corrected chi connectivity index (χ1v) is 6.34. The molecule has 1 N–H and O–H groups in total. The summed E-state index contributed by atoms with van der Waals surface area (Å²) in [6.45, 7) is 6.56. The number of hydrogen-bond acceptors (Lipinski definition) is 3. The Morgan fingerprint density at radius 2 is 1.95 bits per heavy atom. The van der Waals surface area contributed by atoms with E-state index in [0.717, 1.165) is 10.9 Å². The summed E-state index contributed by atoms with van der Waals surface area (Å²) in [5, 5.41) is 0.879. The average molecular weight is 261 g/mol. The van der Waals surface area contributed by atoms with Crippen LogP contribution < -0.4 is 0 Å². The average Bonchev–Trinajstić information content (AvgIpc) is 2.77. The number of aromatic amines is 1. The molecular weight excluding hydrogens is 242 g/mol. The standard InChI is InChI=1S/C15H19NO3/c1-15(2,3)19-9-8-18-14(17)12-10-16-13-7-5-4-6-11(12)13/h4-7,10,16H,8-9H2,1-3H3. The van der Waals surface area contributed by atoms with Gasteiger partial charge in [-0.1, -0.05) is 18.2 Å². The molecule has 0 aliphatic carbocycles. The molecule has 0 saturated carbocycles. The van der Waals surface area contributed by atoms with Crippen LogP contribution in [0, 0.1) is 0 Å². The molecule has 4 heteroatoms. The number of nitrogens with one attached hydrogen (secondary N) is 1. The Kier molecular flexibility index (Phi) is 3.90. The lowest BCUT2D eigenvalue weighted by atomic mass is 10.2. The Labute approximate surface area is 112 Å². The molecule has 0 radical (unpaired) electrons. The summed E-state index contributed by atoms with van der Waals surface area (Å²) in [4.78, 5) is 15.0. The van der Waals surface area contributed by atoms with E-state index in [2.05, 4.69) is 4.98 Å². The minimum Gasteiger partial charge on any atom is -0.460 e. The van der Waals surface area contributed by atoms with Crippen molar-refractivity contribution in [3.05, 3.63) is 36.0 Å². The maximum atomic E-state index is 11.9. The van der Waals surface area contributed by atoms with E-state index in [1.54, 1.807) is 6.20 Å². The van der Waals surface area contributed by atoms with Crippen molar-refractivity contribution in [1.29, 1.82) is 0 Å². The van der Waals surface area contributed by atoms with Crippen LogP contribution in [0.15, 0.2) is 30.5 Å². The summed E-state index contributed by atoms with van der Waals surface area (Å²) < 4.78 is 10.7. The third-order valence-corrected chi connectivity index (χ3v) is 2.66. The number of H-pyrrole nitrogens is 1. The fourth-order valence-electron chi connectivity index (χ4n) is 1.80. The van der Waals surface area contributed by atoms with E-state index >= 15 is 0 Å². The molecule has 0 aliphatic rings. The highest BCUT2D eigenvalue weighted by Gasteiger charge is 2.14. The topological polar surface area (TPSA) is 51.3 Å². The van der Waals surface area contributed by atoms with Crippen LogP contribution in [0.2, 0.25) is 0 Å². The molecule has 0 bridgehead atoms. The number of carbonyl (C=O) groups excluding carboxylic acids is 1. The summed E-state index contributed by atoms with van der Waals surface area (Å²) in [6, 6.07) is 7.64. The predicted octanol–water partition coefficient (Wildman–Crippen LogP) is 3.14. The lowest BCUT2D eigenvalue weighted by Crippen LogP contribution is -2.22. The van der Waals surface area contributed by atoms with Gasteiger partial charge in [0.1, 0.15) is 6.61 Å². The number of hydrogen-bond donors (Lipinski definition) is 1. The number of fused-ring (bicyclic) bond motifs is 1. The predicted molar refractivity (Wildman–Crippen MR) is 74.3 cm³/mol. The molecular formula is C15H19NO3. The second-order valence-electron chi connectivity index (χ2n) is 5.34. The van der Waals surface area contributed by atoms with Gasteiger partial charge < -0.3 is 14.5 Å². The van der Waals surface area contributed by atoms with Crippen molar-refractivity contribution in [3.63, 3.8) is 0 Å². The van der Waals surface area contributed by atoms with E-state index in [0.29, 0.717) is 12.2 Å². The number of aromatic nitrogens is 1. The second-order valence-corrected chi connectivity index (χ2v) is 5.34. The summed E-state index contributed by atoms with van der Waals surface area (Å²) >= 11 is 0. The minimum atomic E-state index is -0.324. The molecule has 0 atom stereocenters. The Bertz CT molecular complexity index is 566. The van der Waals surface area contributed by atoms with Gasteiger partial charge in [0.25, 0.3) is 0 Å². The number of carbonyl (C=O) groups is 1. The quantitative estimate of drug-likeness (QED) is 0.679. The van der Waals surface area contributed by atoms with E-state index in [1.165, 1.54) is 0 Å². The molecule has 1 aromatic carbocycles. The fourth-order valence-corrected chi connectivity index (χ4v) is 1.80. The van der Waals surface area contributed by atoms with Crippen LogP contribution in [0.1, 0.15) is 31.1 Å². The molecule has 0 spiro atoms. The van der Waals surface area contributed by atoms with E-state index < -0.39 is 0 Å². The molecule has 19 heavy (non-hydrogen) atoms. The van der Waals surface area contributed by atoms with E-state index in [9.17, 15) is 4.79 Å². The Balaban J connectivity index is 1.93. The molecule has 0 aliphatic heterocycles. The van der Waals surface area contributed by atoms with Crippen molar-refractivity contribution in [1.82, 2.24) is 4.98 Å². The zero-order chi connectivity index (χ0) is 13.9. The zero-order valence-corrected chi connectivity index (χ0v) is 11.5. The Morgan fingerprint density at radius 1 is 1.21 bits per heavy atom. The highest BCUT2D eigenvalue weighted by Crippen LogP contribution is 2.18. The van der Waals surface area contributed by atoms with E-state index in [4.69, 9.17) is 9.47 Å². The zero-order valence-electron chi connectivity index (χ0n) is 11.5. The van der Waals surface area contributed by atoms with Gasteiger partial charge >= 0.3 is 5.97 Å². The molecule has 2 rings (SSSR count). The van der Waals surface area contributed by atoms with Crippen LogP contribution in [0.5, 0.6) is 0 Å². The van der Waals surface area contributed by atoms with E-state index in [1.807, 2.05) is 45.0 Å². The highest BCUT2D eigenvalue weighted by atomic mass is 16.6. The van der Waals surface area contributed by atoms with Crippen LogP contribution in [0.4, 0.5) is 0 Å². The number of benzene rings is 1. The SMILES string of the molecule is CC(C)(C)OCCOC(=O)c1c[nH]c2ccccc12. The van der Waals surface area contributed by atoms with Crippen molar-refractivity contribution >= 4 is 16.9 Å². The van der Waals surface area contributed by atoms with Crippen molar-refractivity contribution in [2.45, 2.75) is 26.4 Å². The molecule has 2 aromatic rings. The van der Waals surface area contributed by atoms with Gasteiger partial charge in [-0.05, 0) is 26.8 Å². The Hall–Kier alpha value is -1.81. The number of ether oxygens (including phenoxy) is 2. The number of para-hydroxylation sites is 1. The van der Waals surface area contributed by atoms with Crippen molar-refractivity contribution in [2.24, 2.45) is 0 Å². The van der Waals surface area contributed by atoms with E-state index in [-0.39, 0.29) is 18.2 Å². The molecule has 0 saturated heterocycles. The van der Waals surface area contributed by atoms with Gasteiger partial charge in [0.2, 0.25) is 0 Å². The van der Waals surface area contributed by atoms with Crippen LogP contribution in [0.3, 0.4) is 0 Å². The summed E-state index contributed by atoms with van der Waals surface area (Å²) in [5.74, 6) is -0.324. The first kappa shape index (κ1) is 13.6. The normalized spacial score (nSPS) is 11.7. The Morgan fingerprint density at radius 3 is 2.68 bits per heavy atom. The van der Waals surface area contributed by atoms with Gasteiger partial charge in [0.05, 0.1) is 17.8 Å². The monoisotopic (exact) mass is 261 g/mol. The van der Waals surface area contributed by atoms with Crippen LogP contribution >= 0.6 is 0 Å². The maximum absolute atomic E-state index is 11.9. The first-order valence-electron chi connectivity index (χ1n) is 6.34. The van der Waals surface area contributed by atoms with Crippen molar-refractivity contribution in [2.75, 3.05) is 13.2 Å². The fraction of sp³-hybridized carbons (Fsp3) is 0.400. The van der Waals surface area contributed by atoms with Crippen molar-refractivity contribution in [3.8, 4) is 0 Å². The van der Waals surface area contributed by atoms with Gasteiger partial charge in [-0.2, -0.15) is 0 Å². The molecule has 0 amide bonds. The van der Waals surface area contributed by atoms with Gasteiger partial charge in [0, 0.05) is 17.1 Å². The lowest BCUT2D eigenvalue weighted by molar-refractivity contribution is -0.0281. The third-order valence-electron chi connectivity index (χ3n) is 2.66. The van der Waals surface area contributed by atoms with Crippen LogP contribution in [0.25, 0.3) is 10.9 Å². The molecule has 0 fully saturated rings. The molecule has 102 valence electrons. The van der Waals surface area contributed by atoms with Gasteiger partial charge in [-0.15, -0.1) is 0 Å². The first-order chi connectivity index (χ1) is 8.97. The summed E-state index contributed by atoms with van der Waals surface area (Å²) in [5.41, 5.74) is 1.28. The third kappa shape index (κ3) is 3.58. The van der Waals surface area contributed by atoms with Gasteiger partial charge in [-0.3, -0.25) is 0 Å². The number of esters is 1. The second kappa shape index (κ2) is 5.45. The van der Waals surface area contributed by atoms with Crippen molar-refractivity contribution < 1.29 is 14.3 Å². The molecule has 4 nitrogen and oxygen atoms in total. The smallest absolute Gasteiger partial charge is 0.340 e. The largest absolute Gasteiger partial charge is 0.460 e. The van der Waals surface area contributed by atoms with Crippen LogP contribution in [-0.4, -0.2) is 29.8 Å². The lowest BCUT2D eigenvalue weighted by Gasteiger charge is -2.19. The summed E-state index contributed by atoms with van der Waals surface area (Å²) in [6.07, 6.45) is 1.68. The highest BCUT2D eigenvalue weighted by molar-refractivity contribution is 6.03. The minimum absolute atomic E-state index is 0.215. The molecule has 0 unspecified atom stereocenters. The van der Waals surface area contributed by atoms with Gasteiger partial charge in [0.15, 0.2) is 0 Å². The molecule has 1 aromatic heterocycles. The summed E-state index contributed by atoms with van der Waals surface area (Å²) in [7, 11) is 0. The number of rotatable bonds is 4. The van der Waals surface area contributed by atoms with Gasteiger partial charge in [-0.25, -0.2) is 4.79 Å².